The van der Waals surface area contributed by atoms with Crippen LogP contribution in [0.2, 0.25) is 0 Å². The van der Waals surface area contributed by atoms with Crippen LogP contribution >= 0.6 is 0 Å². The highest BCUT2D eigenvalue weighted by Crippen LogP contribution is 2.12. The summed E-state index contributed by atoms with van der Waals surface area (Å²) in [6, 6.07) is 14.6. The highest BCUT2D eigenvalue weighted by atomic mass is 16.3. The van der Waals surface area contributed by atoms with Crippen molar-refractivity contribution in [3.05, 3.63) is 70.8 Å². The van der Waals surface area contributed by atoms with Crippen molar-refractivity contribution in [3.63, 3.8) is 0 Å². The maximum atomic E-state index is 11.4. The van der Waals surface area contributed by atoms with Crippen molar-refractivity contribution in [1.82, 2.24) is 5.32 Å². The van der Waals surface area contributed by atoms with E-state index in [0.29, 0.717) is 5.56 Å². The molecule has 1 atom stereocenters. The number of hydrogen-bond acceptors (Lipinski definition) is 2. The van der Waals surface area contributed by atoms with Gasteiger partial charge in [0.05, 0.1) is 6.10 Å². The van der Waals surface area contributed by atoms with E-state index in [1.165, 1.54) is 0 Å². The number of carbonyl (C=O) groups is 1. The Balaban J connectivity index is 2.13. The van der Waals surface area contributed by atoms with Crippen LogP contribution in [0.4, 0.5) is 0 Å². The molecule has 0 radical (unpaired) electrons. The number of carbonyl (C=O) groups excluding carboxylic acids is 1. The van der Waals surface area contributed by atoms with E-state index in [1.807, 2.05) is 36.4 Å². The van der Waals surface area contributed by atoms with Crippen molar-refractivity contribution in [3.8, 4) is 11.8 Å². The Morgan fingerprint density at radius 2 is 1.48 bits per heavy atom. The number of aliphatic hydroxyl groups is 1. The fraction of sp³-hybridized carbons (Fsp3) is 0.167. The first-order chi connectivity index (χ1) is 10.1. The molecular formula is C18H17NO2. The molecule has 0 unspecified atom stereocenters. The first-order valence-electron chi connectivity index (χ1n) is 6.72. The standard InChI is InChI=1S/C18H17NO2/c1-13(20)16-9-5-14(6-10-16)3-4-15-7-11-17(12-8-15)18(21)19-2/h5-13,20H,1-2H3,(H,19,21)/t13-/m0/s1. The Labute approximate surface area is 124 Å². The van der Waals surface area contributed by atoms with E-state index in [0.717, 1.165) is 16.7 Å². The number of amides is 1. The van der Waals surface area contributed by atoms with E-state index in [9.17, 15) is 9.90 Å². The minimum Gasteiger partial charge on any atom is -0.389 e. The first kappa shape index (κ1) is 14.8. The Kier molecular flexibility index (Phi) is 4.76. The number of aliphatic hydroxyl groups excluding tert-OH is 1. The lowest BCUT2D eigenvalue weighted by Gasteiger charge is -2.03. The van der Waals surface area contributed by atoms with Gasteiger partial charge >= 0.3 is 0 Å². The van der Waals surface area contributed by atoms with Gasteiger partial charge in [-0.1, -0.05) is 24.0 Å². The van der Waals surface area contributed by atoms with E-state index in [2.05, 4.69) is 17.2 Å². The molecule has 0 aromatic heterocycles. The highest BCUT2D eigenvalue weighted by molar-refractivity contribution is 5.94. The van der Waals surface area contributed by atoms with Crippen LogP contribution in [-0.2, 0) is 0 Å². The predicted octanol–water partition coefficient (Wildman–Crippen LogP) is 2.50. The molecule has 2 aromatic carbocycles. The number of hydrogen-bond donors (Lipinski definition) is 2. The third-order valence-corrected chi connectivity index (χ3v) is 3.12. The van der Waals surface area contributed by atoms with E-state index >= 15 is 0 Å². The molecule has 0 saturated heterocycles. The summed E-state index contributed by atoms with van der Waals surface area (Å²) >= 11 is 0. The number of nitrogens with one attached hydrogen (secondary N) is 1. The molecule has 1 amide bonds. The van der Waals surface area contributed by atoms with Crippen LogP contribution in [0.25, 0.3) is 0 Å². The maximum Gasteiger partial charge on any atom is 0.251 e. The summed E-state index contributed by atoms with van der Waals surface area (Å²) < 4.78 is 0. The average molecular weight is 279 g/mol. The van der Waals surface area contributed by atoms with Gasteiger partial charge in [-0.2, -0.15) is 0 Å². The Morgan fingerprint density at radius 3 is 1.90 bits per heavy atom. The minimum atomic E-state index is -0.468. The molecule has 0 bridgehead atoms. The summed E-state index contributed by atoms with van der Waals surface area (Å²) in [6.45, 7) is 1.73. The zero-order valence-corrected chi connectivity index (χ0v) is 12.1. The van der Waals surface area contributed by atoms with Crippen molar-refractivity contribution in [2.24, 2.45) is 0 Å². The second-order valence-corrected chi connectivity index (χ2v) is 4.70. The van der Waals surface area contributed by atoms with Gasteiger partial charge in [0, 0.05) is 23.7 Å². The molecule has 3 nitrogen and oxygen atoms in total. The third-order valence-electron chi connectivity index (χ3n) is 3.12. The summed E-state index contributed by atoms with van der Waals surface area (Å²) in [5, 5.41) is 12.0. The van der Waals surface area contributed by atoms with Crippen molar-refractivity contribution in [2.45, 2.75) is 13.0 Å². The molecule has 2 rings (SSSR count). The molecule has 2 aromatic rings. The zero-order valence-electron chi connectivity index (χ0n) is 12.1. The topological polar surface area (TPSA) is 49.3 Å². The maximum absolute atomic E-state index is 11.4. The fourth-order valence-electron chi connectivity index (χ4n) is 1.84. The molecule has 0 saturated carbocycles. The van der Waals surface area contributed by atoms with Crippen molar-refractivity contribution < 1.29 is 9.90 Å². The molecule has 3 heteroatoms. The van der Waals surface area contributed by atoms with Gasteiger partial charge < -0.3 is 10.4 Å². The monoisotopic (exact) mass is 279 g/mol. The molecule has 0 heterocycles. The van der Waals surface area contributed by atoms with Crippen LogP contribution in [0.3, 0.4) is 0 Å². The molecule has 0 spiro atoms. The van der Waals surface area contributed by atoms with E-state index in [4.69, 9.17) is 0 Å². The van der Waals surface area contributed by atoms with Crippen LogP contribution in [0.1, 0.15) is 40.1 Å². The quantitative estimate of drug-likeness (QED) is 0.830. The second kappa shape index (κ2) is 6.74. The Bertz CT molecular complexity index is 674. The molecular weight excluding hydrogens is 262 g/mol. The van der Waals surface area contributed by atoms with Gasteiger partial charge in [-0.3, -0.25) is 4.79 Å². The van der Waals surface area contributed by atoms with E-state index in [-0.39, 0.29) is 5.91 Å². The largest absolute Gasteiger partial charge is 0.389 e. The molecule has 21 heavy (non-hydrogen) atoms. The SMILES string of the molecule is CNC(=O)c1ccc(C#Cc2ccc([C@H](C)O)cc2)cc1. The molecule has 0 aliphatic carbocycles. The van der Waals surface area contributed by atoms with Crippen LogP contribution in [0.5, 0.6) is 0 Å². The van der Waals surface area contributed by atoms with E-state index in [1.54, 1.807) is 26.1 Å². The second-order valence-electron chi connectivity index (χ2n) is 4.70. The number of benzene rings is 2. The molecule has 0 fully saturated rings. The lowest BCUT2D eigenvalue weighted by molar-refractivity contribution is 0.0963. The Hall–Kier alpha value is -2.57. The van der Waals surface area contributed by atoms with Gasteiger partial charge in [0.25, 0.3) is 5.91 Å². The summed E-state index contributed by atoms with van der Waals surface area (Å²) in [5.74, 6) is 6.00. The van der Waals surface area contributed by atoms with Gasteiger partial charge in [-0.25, -0.2) is 0 Å². The molecule has 0 aliphatic rings. The van der Waals surface area contributed by atoms with Gasteiger partial charge in [0.15, 0.2) is 0 Å². The Morgan fingerprint density at radius 1 is 1.00 bits per heavy atom. The van der Waals surface area contributed by atoms with Crippen LogP contribution < -0.4 is 5.32 Å². The molecule has 0 aliphatic heterocycles. The predicted molar refractivity (Wildman–Crippen MR) is 82.9 cm³/mol. The normalized spacial score (nSPS) is 11.2. The van der Waals surface area contributed by atoms with Crippen molar-refractivity contribution in [2.75, 3.05) is 7.05 Å². The van der Waals surface area contributed by atoms with Gasteiger partial charge in [-0.05, 0) is 48.9 Å². The van der Waals surface area contributed by atoms with Crippen LogP contribution in [0, 0.1) is 11.8 Å². The summed E-state index contributed by atoms with van der Waals surface area (Å²) in [4.78, 5) is 11.4. The van der Waals surface area contributed by atoms with Gasteiger partial charge in [-0.15, -0.1) is 0 Å². The van der Waals surface area contributed by atoms with E-state index < -0.39 is 6.10 Å². The minimum absolute atomic E-state index is 0.108. The van der Waals surface area contributed by atoms with Crippen LogP contribution in [0.15, 0.2) is 48.5 Å². The number of rotatable bonds is 2. The lowest BCUT2D eigenvalue weighted by Crippen LogP contribution is -2.17. The van der Waals surface area contributed by atoms with Crippen molar-refractivity contribution >= 4 is 5.91 Å². The summed E-state index contributed by atoms with van der Waals surface area (Å²) in [7, 11) is 1.60. The summed E-state index contributed by atoms with van der Waals surface area (Å²) in [5.41, 5.74) is 3.22. The fourth-order valence-corrected chi connectivity index (χ4v) is 1.84. The molecule has 2 N–H and O–H groups in total. The lowest BCUT2D eigenvalue weighted by atomic mass is 10.1. The van der Waals surface area contributed by atoms with Gasteiger partial charge in [0.1, 0.15) is 0 Å². The van der Waals surface area contributed by atoms with Crippen molar-refractivity contribution in [1.29, 1.82) is 0 Å². The van der Waals surface area contributed by atoms with Gasteiger partial charge in [0.2, 0.25) is 0 Å². The van der Waals surface area contributed by atoms with Crippen LogP contribution in [-0.4, -0.2) is 18.1 Å². The zero-order chi connectivity index (χ0) is 15.2. The smallest absolute Gasteiger partial charge is 0.251 e. The molecule has 106 valence electrons. The first-order valence-corrected chi connectivity index (χ1v) is 6.72. The highest BCUT2D eigenvalue weighted by Gasteiger charge is 2.01. The summed E-state index contributed by atoms with van der Waals surface area (Å²) in [6.07, 6.45) is -0.468. The average Bonchev–Trinajstić information content (AvgIpc) is 2.53. The third kappa shape index (κ3) is 3.95.